The predicted octanol–water partition coefficient (Wildman–Crippen LogP) is 6.97. The number of halogens is 1. The molecule has 1 aliphatic heterocycles. The second-order valence-corrected chi connectivity index (χ2v) is 10.4. The first kappa shape index (κ1) is 21.1. The Kier molecular flexibility index (Phi) is 6.36. The Bertz CT molecular complexity index is 896. The van der Waals surface area contributed by atoms with E-state index in [0.717, 1.165) is 43.8 Å². The molecule has 31 heavy (non-hydrogen) atoms. The number of carbonyl (C=O) groups excluding carboxylic acids is 1. The summed E-state index contributed by atoms with van der Waals surface area (Å²) in [5, 5.41) is 0.921. The fraction of sp³-hybridized carbons (Fsp3) is 0.536. The van der Waals surface area contributed by atoms with Crippen molar-refractivity contribution in [2.24, 2.45) is 11.8 Å². The van der Waals surface area contributed by atoms with E-state index in [4.69, 9.17) is 11.6 Å². The fourth-order valence-electron chi connectivity index (χ4n) is 5.89. The van der Waals surface area contributed by atoms with E-state index in [-0.39, 0.29) is 5.92 Å². The summed E-state index contributed by atoms with van der Waals surface area (Å²) in [5.74, 6) is 2.24. The van der Waals surface area contributed by atoms with Gasteiger partial charge in [-0.15, -0.1) is 0 Å². The van der Waals surface area contributed by atoms with Gasteiger partial charge in [-0.05, 0) is 79.0 Å². The molecule has 3 heteroatoms. The van der Waals surface area contributed by atoms with E-state index in [1.807, 2.05) is 0 Å². The lowest BCUT2D eigenvalue weighted by molar-refractivity contribution is -0.134. The van der Waals surface area contributed by atoms with Gasteiger partial charge in [-0.1, -0.05) is 73.3 Å². The van der Waals surface area contributed by atoms with Gasteiger partial charge in [0.2, 0.25) is 5.91 Å². The van der Waals surface area contributed by atoms with E-state index in [1.54, 1.807) is 0 Å². The van der Waals surface area contributed by atoms with Crippen molar-refractivity contribution in [1.82, 2.24) is 4.90 Å². The van der Waals surface area contributed by atoms with Gasteiger partial charge < -0.3 is 4.90 Å². The van der Waals surface area contributed by atoms with Crippen LogP contribution in [0.3, 0.4) is 0 Å². The summed E-state index contributed by atoms with van der Waals surface area (Å²) >= 11 is 6.70. The van der Waals surface area contributed by atoms with Gasteiger partial charge in [0.05, 0.1) is 0 Å². The molecule has 0 radical (unpaired) electrons. The third-order valence-electron chi connectivity index (χ3n) is 7.90. The highest BCUT2D eigenvalue weighted by atomic mass is 35.5. The Morgan fingerprint density at radius 3 is 2.39 bits per heavy atom. The van der Waals surface area contributed by atoms with E-state index >= 15 is 0 Å². The van der Waals surface area contributed by atoms with Gasteiger partial charge >= 0.3 is 0 Å². The van der Waals surface area contributed by atoms with Gasteiger partial charge in [-0.2, -0.15) is 0 Å². The van der Waals surface area contributed by atoms with Gasteiger partial charge in [0.15, 0.2) is 0 Å². The number of piperidine rings is 1. The number of carbonyl (C=O) groups is 1. The smallest absolute Gasteiger partial charge is 0.226 e. The minimum Gasteiger partial charge on any atom is -0.342 e. The van der Waals surface area contributed by atoms with Crippen LogP contribution in [0.15, 0.2) is 48.5 Å². The summed E-state index contributed by atoms with van der Waals surface area (Å²) in [6.45, 7) is 1.84. The Balaban J connectivity index is 1.14. The highest BCUT2D eigenvalue weighted by Crippen LogP contribution is 2.50. The molecule has 3 aliphatic rings. The minimum atomic E-state index is 0.169. The second-order valence-electron chi connectivity index (χ2n) is 10.0. The maximum Gasteiger partial charge on any atom is 0.226 e. The van der Waals surface area contributed by atoms with Gasteiger partial charge in [-0.25, -0.2) is 0 Å². The van der Waals surface area contributed by atoms with Crippen LogP contribution in [0.2, 0.25) is 5.02 Å². The van der Waals surface area contributed by atoms with Crippen molar-refractivity contribution in [2.75, 3.05) is 13.1 Å². The third kappa shape index (κ3) is 4.85. The molecular weight excluding hydrogens is 402 g/mol. The first-order valence-electron chi connectivity index (χ1n) is 12.3. The molecule has 2 aromatic carbocycles. The molecule has 1 saturated heterocycles. The van der Waals surface area contributed by atoms with Crippen molar-refractivity contribution in [1.29, 1.82) is 0 Å². The van der Waals surface area contributed by atoms with Gasteiger partial charge in [0, 0.05) is 24.0 Å². The molecule has 5 rings (SSSR count). The number of likely N-dealkylation sites (tertiary alicyclic amines) is 1. The molecule has 0 bridgehead atoms. The zero-order valence-corrected chi connectivity index (χ0v) is 19.2. The molecule has 0 N–H and O–H groups in total. The largest absolute Gasteiger partial charge is 0.342 e. The van der Waals surface area contributed by atoms with Crippen LogP contribution >= 0.6 is 11.6 Å². The zero-order chi connectivity index (χ0) is 21.2. The lowest BCUT2D eigenvalue weighted by Crippen LogP contribution is -2.40. The molecule has 1 heterocycles. The van der Waals surface area contributed by atoms with E-state index in [1.165, 1.54) is 48.8 Å². The van der Waals surface area contributed by atoms with E-state index in [0.29, 0.717) is 23.7 Å². The maximum atomic E-state index is 13.1. The van der Waals surface area contributed by atoms with Crippen molar-refractivity contribution in [2.45, 2.75) is 69.6 Å². The zero-order valence-electron chi connectivity index (χ0n) is 18.4. The average molecular weight is 436 g/mol. The number of benzene rings is 2. The second kappa shape index (κ2) is 9.36. The first-order valence-corrected chi connectivity index (χ1v) is 12.7. The van der Waals surface area contributed by atoms with Crippen molar-refractivity contribution in [3.05, 3.63) is 70.2 Å². The van der Waals surface area contributed by atoms with Gasteiger partial charge in [0.25, 0.3) is 0 Å². The Morgan fingerprint density at radius 1 is 0.935 bits per heavy atom. The maximum absolute atomic E-state index is 13.1. The minimum absolute atomic E-state index is 0.169. The predicted molar refractivity (Wildman–Crippen MR) is 128 cm³/mol. The number of amides is 1. The van der Waals surface area contributed by atoms with Crippen molar-refractivity contribution in [3.8, 4) is 0 Å². The topological polar surface area (TPSA) is 20.3 Å². The normalized spacial score (nSPS) is 24.9. The summed E-state index contributed by atoms with van der Waals surface area (Å²) in [5.41, 5.74) is 4.01. The number of hydrogen-bond acceptors (Lipinski definition) is 1. The fourth-order valence-corrected chi connectivity index (χ4v) is 6.24. The Hall–Kier alpha value is -1.80. The molecule has 2 aromatic rings. The summed E-state index contributed by atoms with van der Waals surface area (Å²) < 4.78 is 0. The molecule has 3 fully saturated rings. The highest BCUT2D eigenvalue weighted by molar-refractivity contribution is 6.31. The van der Waals surface area contributed by atoms with Crippen LogP contribution in [0.4, 0.5) is 0 Å². The lowest BCUT2D eigenvalue weighted by atomic mass is 9.83. The van der Waals surface area contributed by atoms with Crippen molar-refractivity contribution >= 4 is 17.5 Å². The van der Waals surface area contributed by atoms with Crippen LogP contribution in [-0.2, 0) is 11.2 Å². The summed E-state index contributed by atoms with van der Waals surface area (Å²) in [6, 6.07) is 17.4. The summed E-state index contributed by atoms with van der Waals surface area (Å²) in [4.78, 5) is 15.2. The molecule has 2 nitrogen and oxygen atoms in total. The number of hydrogen-bond donors (Lipinski definition) is 0. The van der Waals surface area contributed by atoms with E-state index in [2.05, 4.69) is 53.4 Å². The third-order valence-corrected chi connectivity index (χ3v) is 8.23. The SMILES string of the molecule is O=C(C1CC1c1ccc(C2CCCCC2)c(Cl)c1)N1CCC(Cc2ccccc2)CC1. The van der Waals surface area contributed by atoms with Crippen LogP contribution in [-0.4, -0.2) is 23.9 Å². The highest BCUT2D eigenvalue weighted by Gasteiger charge is 2.46. The molecule has 164 valence electrons. The van der Waals surface area contributed by atoms with E-state index < -0.39 is 0 Å². The first-order chi connectivity index (χ1) is 15.2. The molecule has 0 aromatic heterocycles. The molecule has 2 saturated carbocycles. The molecule has 0 spiro atoms. The standard InChI is InChI=1S/C28H34ClNO/c29-27-18-23(11-12-24(27)22-9-5-2-6-10-22)25-19-26(25)28(31)30-15-13-21(14-16-30)17-20-7-3-1-4-8-20/h1,3-4,7-8,11-12,18,21-22,25-26H,2,5-6,9-10,13-17,19H2. The number of nitrogens with zero attached hydrogens (tertiary/aromatic N) is 1. The van der Waals surface area contributed by atoms with Crippen LogP contribution in [0.1, 0.15) is 79.9 Å². The molecule has 1 amide bonds. The molecular formula is C28H34ClNO. The quantitative estimate of drug-likeness (QED) is 0.496. The molecule has 2 unspecified atom stereocenters. The monoisotopic (exact) mass is 435 g/mol. The van der Waals surface area contributed by atoms with Crippen LogP contribution < -0.4 is 0 Å². The lowest BCUT2D eigenvalue weighted by Gasteiger charge is -2.32. The van der Waals surface area contributed by atoms with Crippen LogP contribution in [0, 0.1) is 11.8 Å². The Morgan fingerprint density at radius 2 is 1.68 bits per heavy atom. The van der Waals surface area contributed by atoms with Crippen LogP contribution in [0.5, 0.6) is 0 Å². The van der Waals surface area contributed by atoms with Crippen molar-refractivity contribution in [3.63, 3.8) is 0 Å². The average Bonchev–Trinajstić information content (AvgIpc) is 3.61. The van der Waals surface area contributed by atoms with Gasteiger partial charge in [-0.3, -0.25) is 4.79 Å². The van der Waals surface area contributed by atoms with E-state index in [9.17, 15) is 4.79 Å². The number of rotatable bonds is 5. The summed E-state index contributed by atoms with van der Waals surface area (Å²) in [7, 11) is 0. The van der Waals surface area contributed by atoms with Gasteiger partial charge in [0.1, 0.15) is 0 Å². The van der Waals surface area contributed by atoms with Crippen molar-refractivity contribution < 1.29 is 4.79 Å². The summed E-state index contributed by atoms with van der Waals surface area (Å²) in [6.07, 6.45) is 10.9. The molecule has 2 aliphatic carbocycles. The van der Waals surface area contributed by atoms with Crippen LogP contribution in [0.25, 0.3) is 0 Å². The molecule has 2 atom stereocenters. The Labute approximate surface area is 192 Å².